The third-order valence-electron chi connectivity index (χ3n) is 3.99. The molecule has 3 aromatic rings. The van der Waals surface area contributed by atoms with Crippen molar-refractivity contribution in [3.05, 3.63) is 52.6 Å². The van der Waals surface area contributed by atoms with Crippen LogP contribution < -0.4 is 10.1 Å². The molecule has 0 saturated carbocycles. The van der Waals surface area contributed by atoms with E-state index in [4.69, 9.17) is 21.3 Å². The smallest absolute Gasteiger partial charge is 0.208 e. The highest BCUT2D eigenvalue weighted by Gasteiger charge is 2.14. The van der Waals surface area contributed by atoms with Crippen molar-refractivity contribution in [2.45, 2.75) is 13.8 Å². The fourth-order valence-electron chi connectivity index (χ4n) is 2.87. The van der Waals surface area contributed by atoms with Crippen molar-refractivity contribution in [2.24, 2.45) is 7.05 Å². The number of nitrogens with one attached hydrogen (secondary N) is 1. The first kappa shape index (κ1) is 16.4. The Bertz CT molecular complexity index is 928. The van der Waals surface area contributed by atoms with Gasteiger partial charge in [-0.2, -0.15) is 0 Å². The summed E-state index contributed by atoms with van der Waals surface area (Å²) in [6, 6.07) is 9.81. The summed E-state index contributed by atoms with van der Waals surface area (Å²) in [6.45, 7) is 4.00. The van der Waals surface area contributed by atoms with Gasteiger partial charge in [-0.05, 0) is 31.5 Å². The van der Waals surface area contributed by atoms with Gasteiger partial charge in [0.1, 0.15) is 5.75 Å². The highest BCUT2D eigenvalue weighted by Crippen LogP contribution is 2.35. The number of imidazole rings is 1. The van der Waals surface area contributed by atoms with Crippen LogP contribution in [0.1, 0.15) is 18.1 Å². The molecule has 0 bridgehead atoms. The molecule has 0 saturated heterocycles. The number of allylic oxidation sites excluding steroid dienone is 1. The molecule has 0 fully saturated rings. The van der Waals surface area contributed by atoms with E-state index in [9.17, 15) is 0 Å². The molecule has 5 heteroatoms. The van der Waals surface area contributed by atoms with E-state index in [1.165, 1.54) is 0 Å². The molecule has 0 atom stereocenters. The number of halogens is 1. The Morgan fingerprint density at radius 2 is 2.08 bits per heavy atom. The Morgan fingerprint density at radius 1 is 1.29 bits per heavy atom. The third kappa shape index (κ3) is 2.85. The molecule has 0 aliphatic carbocycles. The van der Waals surface area contributed by atoms with Crippen LogP contribution >= 0.6 is 11.6 Å². The zero-order valence-corrected chi connectivity index (χ0v) is 15.0. The highest BCUT2D eigenvalue weighted by atomic mass is 35.5. The van der Waals surface area contributed by atoms with Crippen molar-refractivity contribution in [1.29, 1.82) is 0 Å². The lowest BCUT2D eigenvalue weighted by Gasteiger charge is -2.14. The number of benzene rings is 2. The second kappa shape index (κ2) is 6.57. The third-order valence-corrected chi connectivity index (χ3v) is 4.21. The first-order valence-electron chi connectivity index (χ1n) is 7.74. The van der Waals surface area contributed by atoms with Gasteiger partial charge < -0.3 is 14.6 Å². The van der Waals surface area contributed by atoms with Crippen LogP contribution in [0.25, 0.3) is 17.1 Å². The molecule has 0 unspecified atom stereocenters. The van der Waals surface area contributed by atoms with Gasteiger partial charge in [0.05, 0.1) is 23.8 Å². The lowest BCUT2D eigenvalue weighted by Crippen LogP contribution is -2.03. The molecule has 0 aliphatic heterocycles. The van der Waals surface area contributed by atoms with E-state index in [2.05, 4.69) is 22.0 Å². The number of hydrogen-bond acceptors (Lipinski definition) is 3. The second-order valence-electron chi connectivity index (χ2n) is 5.63. The fraction of sp³-hybridized carbons (Fsp3) is 0.211. The van der Waals surface area contributed by atoms with Gasteiger partial charge in [0.2, 0.25) is 5.95 Å². The van der Waals surface area contributed by atoms with Crippen LogP contribution in [0.3, 0.4) is 0 Å². The molecule has 24 heavy (non-hydrogen) atoms. The van der Waals surface area contributed by atoms with Gasteiger partial charge in [-0.25, -0.2) is 4.98 Å². The number of methoxy groups -OCH3 is 1. The van der Waals surface area contributed by atoms with Crippen molar-refractivity contribution in [3.63, 3.8) is 0 Å². The van der Waals surface area contributed by atoms with E-state index in [-0.39, 0.29) is 0 Å². The lowest BCUT2D eigenvalue weighted by atomic mass is 10.1. The molecule has 3 rings (SSSR count). The van der Waals surface area contributed by atoms with Gasteiger partial charge in [-0.3, -0.25) is 0 Å². The molecular weight excluding hydrogens is 322 g/mol. The van der Waals surface area contributed by atoms with E-state index in [0.717, 1.165) is 33.8 Å². The van der Waals surface area contributed by atoms with Crippen LogP contribution in [0, 0.1) is 6.92 Å². The lowest BCUT2D eigenvalue weighted by molar-refractivity contribution is 0.416. The first-order chi connectivity index (χ1) is 11.5. The van der Waals surface area contributed by atoms with Crippen LogP contribution in [0.5, 0.6) is 5.75 Å². The normalized spacial score (nSPS) is 11.4. The molecule has 1 aromatic heterocycles. The predicted octanol–water partition coefficient (Wildman–Crippen LogP) is 5.32. The molecule has 0 aliphatic rings. The molecule has 1 N–H and O–H groups in total. The zero-order chi connectivity index (χ0) is 17.3. The van der Waals surface area contributed by atoms with Crippen LogP contribution in [0.2, 0.25) is 5.02 Å². The number of hydrogen-bond donors (Lipinski definition) is 1. The monoisotopic (exact) mass is 341 g/mol. The van der Waals surface area contributed by atoms with Crippen LogP contribution in [-0.4, -0.2) is 16.7 Å². The maximum atomic E-state index is 6.12. The van der Waals surface area contributed by atoms with Crippen LogP contribution in [0.15, 0.2) is 36.4 Å². The molecule has 4 nitrogen and oxygen atoms in total. The number of para-hydroxylation sites is 1. The Hall–Kier alpha value is -2.46. The standard InChI is InChI=1S/C19H20ClN3O/c1-5-7-13-8-6-9-15-18(13)23(3)19(21-15)22-17-12(2)10-14(20)11-16(17)24-4/h5-11H,1-4H3,(H,21,22)/b7-5+. The Morgan fingerprint density at radius 3 is 2.79 bits per heavy atom. The summed E-state index contributed by atoms with van der Waals surface area (Å²) in [7, 11) is 3.64. The number of rotatable bonds is 4. The topological polar surface area (TPSA) is 39.1 Å². The molecule has 0 amide bonds. The van der Waals surface area contributed by atoms with Gasteiger partial charge >= 0.3 is 0 Å². The minimum absolute atomic E-state index is 0.648. The summed E-state index contributed by atoms with van der Waals surface area (Å²) in [5.41, 5.74) is 5.04. The average Bonchev–Trinajstić information content (AvgIpc) is 2.87. The molecule has 1 heterocycles. The molecule has 124 valence electrons. The van der Waals surface area contributed by atoms with E-state index < -0.39 is 0 Å². The summed E-state index contributed by atoms with van der Waals surface area (Å²) in [5.74, 6) is 1.45. The number of nitrogens with zero attached hydrogens (tertiary/aromatic N) is 2. The van der Waals surface area contributed by atoms with Crippen molar-refractivity contribution in [3.8, 4) is 5.75 Å². The van der Waals surface area contributed by atoms with Gasteiger partial charge in [0, 0.05) is 23.7 Å². The summed E-state index contributed by atoms with van der Waals surface area (Å²) in [5, 5.41) is 4.04. The number of ether oxygens (including phenoxy) is 1. The number of anilines is 2. The second-order valence-corrected chi connectivity index (χ2v) is 6.07. The minimum atomic E-state index is 0.648. The van der Waals surface area contributed by atoms with Gasteiger partial charge in [0.15, 0.2) is 0 Å². The van der Waals surface area contributed by atoms with E-state index in [0.29, 0.717) is 10.8 Å². The Kier molecular flexibility index (Phi) is 4.49. The van der Waals surface area contributed by atoms with Gasteiger partial charge in [-0.15, -0.1) is 0 Å². The van der Waals surface area contributed by atoms with E-state index in [1.54, 1.807) is 13.2 Å². The molecule has 0 spiro atoms. The van der Waals surface area contributed by atoms with Crippen LogP contribution in [-0.2, 0) is 7.05 Å². The summed E-state index contributed by atoms with van der Waals surface area (Å²) >= 11 is 6.12. The summed E-state index contributed by atoms with van der Waals surface area (Å²) in [4.78, 5) is 4.72. The maximum absolute atomic E-state index is 6.12. The fourth-order valence-corrected chi connectivity index (χ4v) is 3.13. The predicted molar refractivity (Wildman–Crippen MR) is 101 cm³/mol. The van der Waals surface area contributed by atoms with E-state index >= 15 is 0 Å². The average molecular weight is 342 g/mol. The summed E-state index contributed by atoms with van der Waals surface area (Å²) in [6.07, 6.45) is 4.11. The molecule has 2 aromatic carbocycles. The number of aromatic nitrogens is 2. The quantitative estimate of drug-likeness (QED) is 0.698. The van der Waals surface area contributed by atoms with Crippen molar-refractivity contribution < 1.29 is 4.74 Å². The SMILES string of the molecule is C/C=C/c1cccc2nc(Nc3c(C)cc(Cl)cc3OC)n(C)c12. The molecular formula is C19H20ClN3O. The Balaban J connectivity index is 2.12. The van der Waals surface area contributed by atoms with Crippen molar-refractivity contribution >= 4 is 40.3 Å². The van der Waals surface area contributed by atoms with Crippen molar-refractivity contribution in [2.75, 3.05) is 12.4 Å². The largest absolute Gasteiger partial charge is 0.495 e. The van der Waals surface area contributed by atoms with E-state index in [1.807, 2.05) is 45.2 Å². The molecule has 0 radical (unpaired) electrons. The zero-order valence-electron chi connectivity index (χ0n) is 14.2. The Labute approximate surface area is 146 Å². The summed E-state index contributed by atoms with van der Waals surface area (Å²) < 4.78 is 7.51. The number of aryl methyl sites for hydroxylation is 2. The van der Waals surface area contributed by atoms with Crippen molar-refractivity contribution in [1.82, 2.24) is 9.55 Å². The van der Waals surface area contributed by atoms with Crippen LogP contribution in [0.4, 0.5) is 11.6 Å². The minimum Gasteiger partial charge on any atom is -0.495 e. The maximum Gasteiger partial charge on any atom is 0.208 e. The first-order valence-corrected chi connectivity index (χ1v) is 8.12. The van der Waals surface area contributed by atoms with Gasteiger partial charge in [0.25, 0.3) is 0 Å². The number of fused-ring (bicyclic) bond motifs is 1. The highest BCUT2D eigenvalue weighted by molar-refractivity contribution is 6.31. The van der Waals surface area contributed by atoms with Gasteiger partial charge in [-0.1, -0.05) is 35.9 Å².